The molecule has 0 spiro atoms. The zero-order valence-electron chi connectivity index (χ0n) is 9.26. The predicted octanol–water partition coefficient (Wildman–Crippen LogP) is 1.92. The third-order valence-electron chi connectivity index (χ3n) is 2.08. The largest absolute Gasteiger partial charge is 0.535 e. The highest BCUT2D eigenvalue weighted by Crippen LogP contribution is 2.26. The maximum atomic E-state index is 13.5. The van der Waals surface area contributed by atoms with Gasteiger partial charge in [-0.25, -0.2) is 13.0 Å². The quantitative estimate of drug-likeness (QED) is 0.663. The SMILES string of the molecule is CCc1c(F)ccc(F)c1S(=O)(=O)OC[P+](=O)O. The van der Waals surface area contributed by atoms with Crippen LogP contribution in [0, 0.1) is 11.6 Å². The van der Waals surface area contributed by atoms with E-state index in [0.29, 0.717) is 6.07 Å². The number of hydrogen-bond acceptors (Lipinski definition) is 4. The molecule has 1 rings (SSSR count). The summed E-state index contributed by atoms with van der Waals surface area (Å²) in [5, 5.41) is 0. The Labute approximate surface area is 103 Å². The summed E-state index contributed by atoms with van der Waals surface area (Å²) in [4.78, 5) is 7.54. The highest BCUT2D eigenvalue weighted by Gasteiger charge is 2.29. The molecule has 1 unspecified atom stereocenters. The van der Waals surface area contributed by atoms with Crippen molar-refractivity contribution >= 4 is 18.1 Å². The fraction of sp³-hybridized carbons (Fsp3) is 0.333. The summed E-state index contributed by atoms with van der Waals surface area (Å²) in [7, 11) is -7.46. The molecule has 0 radical (unpaired) electrons. The molecule has 9 heteroatoms. The van der Waals surface area contributed by atoms with Gasteiger partial charge in [0.2, 0.25) is 0 Å². The summed E-state index contributed by atoms with van der Waals surface area (Å²) >= 11 is 0. The van der Waals surface area contributed by atoms with Crippen LogP contribution in [-0.2, 0) is 25.3 Å². The molecule has 0 fully saturated rings. The van der Waals surface area contributed by atoms with E-state index in [2.05, 4.69) is 4.18 Å². The average molecular weight is 299 g/mol. The van der Waals surface area contributed by atoms with E-state index in [4.69, 9.17) is 4.89 Å². The van der Waals surface area contributed by atoms with Gasteiger partial charge in [-0.3, -0.25) is 0 Å². The molecule has 0 aliphatic heterocycles. The van der Waals surface area contributed by atoms with Gasteiger partial charge in [0.15, 0.2) is 0 Å². The van der Waals surface area contributed by atoms with Gasteiger partial charge in [-0.05, 0) is 23.1 Å². The fourth-order valence-electron chi connectivity index (χ4n) is 1.35. The third-order valence-corrected chi connectivity index (χ3v) is 3.97. The maximum absolute atomic E-state index is 13.5. The van der Waals surface area contributed by atoms with Crippen LogP contribution in [0.3, 0.4) is 0 Å². The van der Waals surface area contributed by atoms with E-state index in [1.807, 2.05) is 0 Å². The Kier molecular flexibility index (Phi) is 4.86. The van der Waals surface area contributed by atoms with Gasteiger partial charge in [0.1, 0.15) is 16.5 Å². The van der Waals surface area contributed by atoms with E-state index in [1.54, 1.807) is 0 Å². The fourth-order valence-corrected chi connectivity index (χ4v) is 3.23. The summed E-state index contributed by atoms with van der Waals surface area (Å²) in [6.45, 7) is 1.45. The second-order valence-corrected chi connectivity index (χ2v) is 5.76. The third kappa shape index (κ3) is 3.29. The van der Waals surface area contributed by atoms with E-state index >= 15 is 0 Å². The number of rotatable bonds is 5. The van der Waals surface area contributed by atoms with Gasteiger partial charge in [-0.15, -0.1) is 0 Å². The highest BCUT2D eigenvalue weighted by molar-refractivity contribution is 7.87. The highest BCUT2D eigenvalue weighted by atomic mass is 32.2. The number of halogens is 2. The summed E-state index contributed by atoms with van der Waals surface area (Å²) in [5.74, 6) is -2.05. The van der Waals surface area contributed by atoms with Crippen LogP contribution >= 0.6 is 8.03 Å². The molecule has 1 atom stereocenters. The Hall–Kier alpha value is -0.950. The first-order valence-electron chi connectivity index (χ1n) is 4.79. The molecule has 0 aromatic heterocycles. The van der Waals surface area contributed by atoms with Crippen molar-refractivity contribution in [1.82, 2.24) is 0 Å². The number of benzene rings is 1. The first-order valence-corrected chi connectivity index (χ1v) is 7.60. The lowest BCUT2D eigenvalue weighted by Crippen LogP contribution is -2.12. The lowest BCUT2D eigenvalue weighted by molar-refractivity contribution is 0.351. The van der Waals surface area contributed by atoms with Crippen LogP contribution in [0.4, 0.5) is 8.78 Å². The molecule has 0 aliphatic rings. The van der Waals surface area contributed by atoms with Crippen LogP contribution in [0.25, 0.3) is 0 Å². The van der Waals surface area contributed by atoms with E-state index in [1.165, 1.54) is 6.92 Å². The zero-order chi connectivity index (χ0) is 13.9. The van der Waals surface area contributed by atoms with E-state index in [0.717, 1.165) is 6.07 Å². The van der Waals surface area contributed by atoms with Gasteiger partial charge in [-0.2, -0.15) is 13.3 Å². The second-order valence-electron chi connectivity index (χ2n) is 3.24. The monoisotopic (exact) mass is 299 g/mol. The lowest BCUT2D eigenvalue weighted by Gasteiger charge is -2.09. The molecular formula is C9H10F2O5PS+. The molecule has 0 aliphatic carbocycles. The molecule has 0 amide bonds. The van der Waals surface area contributed by atoms with Crippen molar-refractivity contribution in [2.75, 3.05) is 6.35 Å². The minimum Gasteiger partial charge on any atom is -0.213 e. The molecule has 5 nitrogen and oxygen atoms in total. The van der Waals surface area contributed by atoms with Crippen molar-refractivity contribution < 1.29 is 30.8 Å². The maximum Gasteiger partial charge on any atom is 0.535 e. The topological polar surface area (TPSA) is 80.7 Å². The van der Waals surface area contributed by atoms with Crippen molar-refractivity contribution in [3.05, 3.63) is 29.3 Å². The van der Waals surface area contributed by atoms with Crippen LogP contribution in [0.5, 0.6) is 0 Å². The zero-order valence-corrected chi connectivity index (χ0v) is 11.0. The summed E-state index contributed by atoms with van der Waals surface area (Å²) in [5.41, 5.74) is -0.358. The molecule has 18 heavy (non-hydrogen) atoms. The summed E-state index contributed by atoms with van der Waals surface area (Å²) in [6.07, 6.45) is -1.07. The van der Waals surface area contributed by atoms with E-state index in [-0.39, 0.29) is 12.0 Å². The average Bonchev–Trinajstić information content (AvgIpc) is 2.29. The minimum absolute atomic E-state index is 0.0627. The van der Waals surface area contributed by atoms with Gasteiger partial charge in [-0.1, -0.05) is 6.92 Å². The molecule has 0 heterocycles. The van der Waals surface area contributed by atoms with Crippen molar-refractivity contribution in [2.45, 2.75) is 18.2 Å². The van der Waals surface area contributed by atoms with Gasteiger partial charge >= 0.3 is 18.1 Å². The van der Waals surface area contributed by atoms with Gasteiger partial charge < -0.3 is 0 Å². The molecule has 0 bridgehead atoms. The summed E-state index contributed by atoms with van der Waals surface area (Å²) < 4.78 is 64.6. The van der Waals surface area contributed by atoms with Gasteiger partial charge in [0.05, 0.1) is 0 Å². The van der Waals surface area contributed by atoms with Crippen LogP contribution < -0.4 is 0 Å². The van der Waals surface area contributed by atoms with Gasteiger partial charge in [0, 0.05) is 5.56 Å². The Bertz CT molecular complexity index is 573. The molecule has 0 saturated carbocycles. The van der Waals surface area contributed by atoms with Crippen LogP contribution in [-0.4, -0.2) is 19.7 Å². The van der Waals surface area contributed by atoms with Crippen molar-refractivity contribution in [3.8, 4) is 0 Å². The van der Waals surface area contributed by atoms with Gasteiger partial charge in [0.25, 0.3) is 6.35 Å². The van der Waals surface area contributed by atoms with Crippen molar-refractivity contribution in [2.24, 2.45) is 0 Å². The van der Waals surface area contributed by atoms with Crippen LogP contribution in [0.15, 0.2) is 17.0 Å². The normalized spacial score (nSPS) is 12.6. The standard InChI is InChI=1S/C9H9F2O5PS/c1-2-6-7(10)3-4-8(11)9(6)18(14,15)16-5-17(12)13/h3-4H,2,5H2,1H3/p+1. The minimum atomic E-state index is -4.61. The Balaban J connectivity index is 3.31. The second kappa shape index (κ2) is 5.79. The van der Waals surface area contributed by atoms with E-state index in [9.17, 15) is 21.8 Å². The molecule has 1 aromatic carbocycles. The Morgan fingerprint density at radius 3 is 2.39 bits per heavy atom. The van der Waals surface area contributed by atoms with Crippen LogP contribution in [0.2, 0.25) is 0 Å². The number of hydrogen-bond donors (Lipinski definition) is 1. The summed E-state index contributed by atoms with van der Waals surface area (Å²) in [6, 6.07) is 1.46. The molecule has 0 saturated heterocycles. The molecule has 1 aromatic rings. The lowest BCUT2D eigenvalue weighted by atomic mass is 10.1. The molecular weight excluding hydrogens is 289 g/mol. The van der Waals surface area contributed by atoms with Crippen LogP contribution in [0.1, 0.15) is 12.5 Å². The Morgan fingerprint density at radius 1 is 1.33 bits per heavy atom. The first kappa shape index (κ1) is 15.1. The molecule has 1 N–H and O–H groups in total. The molecule has 100 valence electrons. The smallest absolute Gasteiger partial charge is 0.213 e. The van der Waals surface area contributed by atoms with Crippen molar-refractivity contribution in [3.63, 3.8) is 0 Å². The first-order chi connectivity index (χ1) is 8.29. The predicted molar refractivity (Wildman–Crippen MR) is 58.7 cm³/mol. The van der Waals surface area contributed by atoms with Crippen molar-refractivity contribution in [1.29, 1.82) is 0 Å². The van der Waals surface area contributed by atoms with E-state index < -0.39 is 41.0 Å². The Morgan fingerprint density at radius 2 is 1.89 bits per heavy atom.